The Morgan fingerprint density at radius 2 is 1.45 bits per heavy atom. The van der Waals surface area contributed by atoms with Gasteiger partial charge in [-0.1, -0.05) is 48.5 Å². The van der Waals surface area contributed by atoms with Crippen molar-refractivity contribution in [1.29, 1.82) is 0 Å². The van der Waals surface area contributed by atoms with Gasteiger partial charge >= 0.3 is 5.69 Å². The fourth-order valence-corrected chi connectivity index (χ4v) is 2.34. The number of anilines is 1. The monoisotopic (exact) mass is 293 g/mol. The summed E-state index contributed by atoms with van der Waals surface area (Å²) in [5.41, 5.74) is 6.53. The van der Waals surface area contributed by atoms with Gasteiger partial charge in [0.1, 0.15) is 5.82 Å². The van der Waals surface area contributed by atoms with Crippen molar-refractivity contribution in [3.63, 3.8) is 0 Å². The molecule has 2 N–H and O–H groups in total. The van der Waals surface area contributed by atoms with E-state index in [0.717, 1.165) is 5.56 Å². The van der Waals surface area contributed by atoms with E-state index in [9.17, 15) is 9.59 Å². The zero-order valence-corrected chi connectivity index (χ0v) is 11.8. The van der Waals surface area contributed by atoms with Crippen LogP contribution in [0.15, 0.2) is 76.3 Å². The van der Waals surface area contributed by atoms with Crippen LogP contribution in [-0.2, 0) is 6.54 Å². The first-order valence-corrected chi connectivity index (χ1v) is 6.88. The molecule has 0 amide bonds. The highest BCUT2D eigenvalue weighted by Gasteiger charge is 2.11. The van der Waals surface area contributed by atoms with E-state index >= 15 is 0 Å². The van der Waals surface area contributed by atoms with Crippen LogP contribution in [0.5, 0.6) is 0 Å². The van der Waals surface area contributed by atoms with Crippen molar-refractivity contribution in [2.24, 2.45) is 0 Å². The Morgan fingerprint density at radius 3 is 2.09 bits per heavy atom. The van der Waals surface area contributed by atoms with E-state index in [1.54, 1.807) is 12.1 Å². The van der Waals surface area contributed by atoms with Crippen LogP contribution < -0.4 is 17.0 Å². The smallest absolute Gasteiger partial charge is 0.337 e. The molecule has 22 heavy (non-hydrogen) atoms. The average molecular weight is 293 g/mol. The van der Waals surface area contributed by atoms with E-state index in [4.69, 9.17) is 5.73 Å². The molecular formula is C17H15N3O2. The lowest BCUT2D eigenvalue weighted by Gasteiger charge is -2.12. The summed E-state index contributed by atoms with van der Waals surface area (Å²) in [6.45, 7) is 0.214. The van der Waals surface area contributed by atoms with Crippen LogP contribution in [0.4, 0.5) is 5.82 Å². The number of hydrogen-bond acceptors (Lipinski definition) is 3. The number of aromatic nitrogens is 2. The number of para-hydroxylation sites is 1. The maximum absolute atomic E-state index is 12.7. The lowest BCUT2D eigenvalue weighted by atomic mass is 10.2. The van der Waals surface area contributed by atoms with Crippen molar-refractivity contribution in [2.75, 3.05) is 5.73 Å². The molecule has 5 heteroatoms. The van der Waals surface area contributed by atoms with Gasteiger partial charge in [-0.15, -0.1) is 0 Å². The van der Waals surface area contributed by atoms with Gasteiger partial charge in [0.15, 0.2) is 0 Å². The summed E-state index contributed by atoms with van der Waals surface area (Å²) >= 11 is 0. The fraction of sp³-hybridized carbons (Fsp3) is 0.0588. The minimum Gasteiger partial charge on any atom is -0.385 e. The van der Waals surface area contributed by atoms with Crippen LogP contribution in [0.1, 0.15) is 5.56 Å². The van der Waals surface area contributed by atoms with Crippen molar-refractivity contribution >= 4 is 5.82 Å². The minimum atomic E-state index is -0.444. The van der Waals surface area contributed by atoms with E-state index in [1.165, 1.54) is 15.2 Å². The maximum Gasteiger partial charge on any atom is 0.337 e. The van der Waals surface area contributed by atoms with Crippen molar-refractivity contribution in [3.8, 4) is 5.69 Å². The Hall–Kier alpha value is -3.08. The molecule has 3 rings (SSSR count). The van der Waals surface area contributed by atoms with Crippen LogP contribution >= 0.6 is 0 Å². The number of nitrogen functional groups attached to an aromatic ring is 1. The Kier molecular flexibility index (Phi) is 3.62. The quantitative estimate of drug-likeness (QED) is 0.798. The first kappa shape index (κ1) is 13.9. The van der Waals surface area contributed by atoms with Gasteiger partial charge in [0, 0.05) is 6.07 Å². The molecule has 1 heterocycles. The van der Waals surface area contributed by atoms with Gasteiger partial charge in [-0.3, -0.25) is 9.36 Å². The third-order valence-electron chi connectivity index (χ3n) is 3.42. The molecule has 110 valence electrons. The van der Waals surface area contributed by atoms with Crippen LogP contribution in [0.3, 0.4) is 0 Å². The number of rotatable bonds is 3. The predicted octanol–water partition coefficient (Wildman–Crippen LogP) is 1.63. The van der Waals surface area contributed by atoms with E-state index < -0.39 is 11.2 Å². The fourth-order valence-electron chi connectivity index (χ4n) is 2.34. The van der Waals surface area contributed by atoms with Gasteiger partial charge in [0.25, 0.3) is 5.56 Å². The molecule has 0 aliphatic rings. The summed E-state index contributed by atoms with van der Waals surface area (Å²) < 4.78 is 2.52. The van der Waals surface area contributed by atoms with Gasteiger partial charge in [0.2, 0.25) is 0 Å². The van der Waals surface area contributed by atoms with Crippen LogP contribution in [0, 0.1) is 0 Å². The van der Waals surface area contributed by atoms with Gasteiger partial charge < -0.3 is 5.73 Å². The Bertz CT molecular complexity index is 897. The molecule has 0 aliphatic heterocycles. The molecule has 0 saturated heterocycles. The SMILES string of the molecule is Nc1cc(=O)n(Cc2ccccc2)c(=O)n1-c1ccccc1. The van der Waals surface area contributed by atoms with Crippen LogP contribution in [0.2, 0.25) is 0 Å². The molecule has 0 atom stereocenters. The normalized spacial score (nSPS) is 10.5. The first-order chi connectivity index (χ1) is 10.7. The number of benzene rings is 2. The highest BCUT2D eigenvalue weighted by Crippen LogP contribution is 2.08. The average Bonchev–Trinajstić information content (AvgIpc) is 2.53. The lowest BCUT2D eigenvalue weighted by molar-refractivity contribution is 0.673. The first-order valence-electron chi connectivity index (χ1n) is 6.88. The Labute approximate surface area is 126 Å². The molecule has 0 spiro atoms. The molecule has 2 aromatic carbocycles. The summed E-state index contributed by atoms with van der Waals surface area (Å²) in [7, 11) is 0. The number of nitrogens with zero attached hydrogens (tertiary/aromatic N) is 2. The molecule has 0 fully saturated rings. The number of nitrogens with two attached hydrogens (primary N) is 1. The lowest BCUT2D eigenvalue weighted by Crippen LogP contribution is -2.40. The Balaban J connectivity index is 2.16. The minimum absolute atomic E-state index is 0.130. The molecule has 0 bridgehead atoms. The van der Waals surface area contributed by atoms with E-state index in [-0.39, 0.29) is 12.4 Å². The summed E-state index contributed by atoms with van der Waals surface area (Å²) in [5, 5.41) is 0. The standard InChI is InChI=1S/C17H15N3O2/c18-15-11-16(21)19(12-13-7-3-1-4-8-13)17(22)20(15)14-9-5-2-6-10-14/h1-11H,12,18H2. The van der Waals surface area contributed by atoms with Crippen LogP contribution in [0.25, 0.3) is 5.69 Å². The molecule has 0 saturated carbocycles. The van der Waals surface area contributed by atoms with Crippen LogP contribution in [-0.4, -0.2) is 9.13 Å². The summed E-state index contributed by atoms with van der Waals surface area (Å²) in [6, 6.07) is 19.7. The van der Waals surface area contributed by atoms with Crippen molar-refractivity contribution < 1.29 is 0 Å². The van der Waals surface area contributed by atoms with Gasteiger partial charge in [-0.05, 0) is 17.7 Å². The zero-order chi connectivity index (χ0) is 15.5. The van der Waals surface area contributed by atoms with Crippen molar-refractivity contribution in [2.45, 2.75) is 6.54 Å². The predicted molar refractivity (Wildman–Crippen MR) is 86.3 cm³/mol. The highest BCUT2D eigenvalue weighted by molar-refractivity contribution is 5.41. The third kappa shape index (κ3) is 2.56. The zero-order valence-electron chi connectivity index (χ0n) is 11.8. The number of hydrogen-bond donors (Lipinski definition) is 1. The highest BCUT2D eigenvalue weighted by atomic mass is 16.2. The second kappa shape index (κ2) is 5.73. The molecule has 1 aromatic heterocycles. The van der Waals surface area contributed by atoms with Crippen molar-refractivity contribution in [1.82, 2.24) is 9.13 Å². The van der Waals surface area contributed by atoms with E-state index in [2.05, 4.69) is 0 Å². The van der Waals surface area contributed by atoms with E-state index in [1.807, 2.05) is 48.5 Å². The maximum atomic E-state index is 12.7. The molecule has 0 unspecified atom stereocenters. The molecular weight excluding hydrogens is 278 g/mol. The summed E-state index contributed by atoms with van der Waals surface area (Å²) in [6.07, 6.45) is 0. The van der Waals surface area contributed by atoms with Gasteiger partial charge in [-0.25, -0.2) is 9.36 Å². The molecule has 3 aromatic rings. The molecule has 0 aliphatic carbocycles. The van der Waals surface area contributed by atoms with E-state index in [0.29, 0.717) is 5.69 Å². The Morgan fingerprint density at radius 1 is 0.864 bits per heavy atom. The molecule has 0 radical (unpaired) electrons. The topological polar surface area (TPSA) is 70.0 Å². The van der Waals surface area contributed by atoms with Gasteiger partial charge in [-0.2, -0.15) is 0 Å². The van der Waals surface area contributed by atoms with Crippen molar-refractivity contribution in [3.05, 3.63) is 93.1 Å². The summed E-state index contributed by atoms with van der Waals surface area (Å²) in [4.78, 5) is 24.8. The largest absolute Gasteiger partial charge is 0.385 e. The second-order valence-electron chi connectivity index (χ2n) is 4.93. The summed E-state index contributed by atoms with van der Waals surface area (Å²) in [5.74, 6) is 0.130. The third-order valence-corrected chi connectivity index (χ3v) is 3.42. The molecule has 5 nitrogen and oxygen atoms in total. The van der Waals surface area contributed by atoms with Gasteiger partial charge in [0.05, 0.1) is 12.2 Å². The second-order valence-corrected chi connectivity index (χ2v) is 4.93.